The standard InChI is InChI=1S/C22H19NO4/c1-26-18-12-13-20(27-2)19(14-18)23-22(25)17-10-8-16(9-11-17)21(24)15-6-4-3-5-7-15/h3-14H,1-2H3,(H,23,25). The number of carbonyl (C=O) groups excluding carboxylic acids is 2. The van der Waals surface area contributed by atoms with E-state index in [0.29, 0.717) is 33.9 Å². The molecule has 0 saturated heterocycles. The topological polar surface area (TPSA) is 64.6 Å². The fourth-order valence-electron chi connectivity index (χ4n) is 2.64. The molecular weight excluding hydrogens is 342 g/mol. The first-order chi connectivity index (χ1) is 13.1. The van der Waals surface area contributed by atoms with Gasteiger partial charge in [-0.25, -0.2) is 0 Å². The molecule has 3 rings (SSSR count). The van der Waals surface area contributed by atoms with Crippen LogP contribution in [0.4, 0.5) is 5.69 Å². The molecule has 5 nitrogen and oxygen atoms in total. The molecule has 27 heavy (non-hydrogen) atoms. The Bertz CT molecular complexity index is 950. The Hall–Kier alpha value is -3.60. The summed E-state index contributed by atoms with van der Waals surface area (Å²) in [5.74, 6) is 0.743. The van der Waals surface area contributed by atoms with Gasteiger partial charge in [0.05, 0.1) is 19.9 Å². The second-order valence-corrected chi connectivity index (χ2v) is 5.79. The Labute approximate surface area is 157 Å². The summed E-state index contributed by atoms with van der Waals surface area (Å²) in [6.45, 7) is 0. The lowest BCUT2D eigenvalue weighted by Gasteiger charge is -2.12. The van der Waals surface area contributed by atoms with Crippen molar-refractivity contribution >= 4 is 17.4 Å². The van der Waals surface area contributed by atoms with Crippen LogP contribution in [0.5, 0.6) is 11.5 Å². The molecular formula is C22H19NO4. The number of ether oxygens (including phenoxy) is 2. The number of anilines is 1. The zero-order valence-electron chi connectivity index (χ0n) is 15.1. The summed E-state index contributed by atoms with van der Waals surface area (Å²) in [6.07, 6.45) is 0. The van der Waals surface area contributed by atoms with E-state index in [0.717, 1.165) is 0 Å². The first-order valence-electron chi connectivity index (χ1n) is 8.35. The molecule has 136 valence electrons. The van der Waals surface area contributed by atoms with Crippen molar-refractivity contribution in [2.24, 2.45) is 0 Å². The van der Waals surface area contributed by atoms with Crippen molar-refractivity contribution in [2.75, 3.05) is 19.5 Å². The number of methoxy groups -OCH3 is 2. The van der Waals surface area contributed by atoms with Crippen molar-refractivity contribution in [1.82, 2.24) is 0 Å². The van der Waals surface area contributed by atoms with E-state index >= 15 is 0 Å². The number of hydrogen-bond acceptors (Lipinski definition) is 4. The van der Waals surface area contributed by atoms with Gasteiger partial charge in [-0.3, -0.25) is 9.59 Å². The Morgan fingerprint density at radius 3 is 2.00 bits per heavy atom. The van der Waals surface area contributed by atoms with Gasteiger partial charge in [-0.05, 0) is 24.3 Å². The molecule has 3 aromatic rings. The normalized spacial score (nSPS) is 10.1. The van der Waals surface area contributed by atoms with Crippen LogP contribution in [0.2, 0.25) is 0 Å². The lowest BCUT2D eigenvalue weighted by molar-refractivity contribution is 0.102. The fourth-order valence-corrected chi connectivity index (χ4v) is 2.64. The van der Waals surface area contributed by atoms with Crippen LogP contribution in [-0.4, -0.2) is 25.9 Å². The maximum Gasteiger partial charge on any atom is 0.255 e. The summed E-state index contributed by atoms with van der Waals surface area (Å²) in [5.41, 5.74) is 2.07. The molecule has 0 saturated carbocycles. The molecule has 0 aliphatic carbocycles. The lowest BCUT2D eigenvalue weighted by Crippen LogP contribution is -2.13. The molecule has 0 heterocycles. The van der Waals surface area contributed by atoms with E-state index in [4.69, 9.17) is 9.47 Å². The predicted octanol–water partition coefficient (Wildman–Crippen LogP) is 4.19. The highest BCUT2D eigenvalue weighted by Crippen LogP contribution is 2.29. The summed E-state index contributed by atoms with van der Waals surface area (Å²) in [5, 5.41) is 2.80. The highest BCUT2D eigenvalue weighted by atomic mass is 16.5. The average molecular weight is 361 g/mol. The Morgan fingerprint density at radius 1 is 0.741 bits per heavy atom. The third-order valence-corrected chi connectivity index (χ3v) is 4.10. The molecule has 5 heteroatoms. The second-order valence-electron chi connectivity index (χ2n) is 5.79. The van der Waals surface area contributed by atoms with Gasteiger partial charge in [-0.1, -0.05) is 42.5 Å². The van der Waals surface area contributed by atoms with E-state index in [1.807, 2.05) is 18.2 Å². The van der Waals surface area contributed by atoms with E-state index < -0.39 is 0 Å². The van der Waals surface area contributed by atoms with Gasteiger partial charge in [-0.2, -0.15) is 0 Å². The fraction of sp³-hybridized carbons (Fsp3) is 0.0909. The number of rotatable bonds is 6. The Kier molecular flexibility index (Phi) is 5.52. The molecule has 0 aromatic heterocycles. The minimum Gasteiger partial charge on any atom is -0.497 e. The van der Waals surface area contributed by atoms with E-state index in [1.54, 1.807) is 61.7 Å². The van der Waals surface area contributed by atoms with E-state index in [2.05, 4.69) is 5.32 Å². The minimum atomic E-state index is -0.305. The molecule has 1 amide bonds. The molecule has 0 unspecified atom stereocenters. The van der Waals surface area contributed by atoms with E-state index in [-0.39, 0.29) is 11.7 Å². The van der Waals surface area contributed by atoms with Crippen molar-refractivity contribution in [3.05, 3.63) is 89.5 Å². The average Bonchev–Trinajstić information content (AvgIpc) is 2.73. The van der Waals surface area contributed by atoms with Crippen molar-refractivity contribution < 1.29 is 19.1 Å². The summed E-state index contributed by atoms with van der Waals surface area (Å²) in [4.78, 5) is 25.0. The van der Waals surface area contributed by atoms with Gasteiger partial charge in [0.25, 0.3) is 5.91 Å². The summed E-state index contributed by atoms with van der Waals surface area (Å²) >= 11 is 0. The third-order valence-electron chi connectivity index (χ3n) is 4.10. The quantitative estimate of drug-likeness (QED) is 0.669. The van der Waals surface area contributed by atoms with Crippen LogP contribution >= 0.6 is 0 Å². The van der Waals surface area contributed by atoms with Crippen LogP contribution in [-0.2, 0) is 0 Å². The Balaban J connectivity index is 1.78. The van der Waals surface area contributed by atoms with Crippen LogP contribution in [0.15, 0.2) is 72.8 Å². The van der Waals surface area contributed by atoms with Gasteiger partial charge in [0.1, 0.15) is 11.5 Å². The summed E-state index contributed by atoms with van der Waals surface area (Å²) in [6, 6.07) is 20.7. The number of nitrogens with one attached hydrogen (secondary N) is 1. The van der Waals surface area contributed by atoms with Gasteiger partial charge in [0, 0.05) is 22.8 Å². The monoisotopic (exact) mass is 361 g/mol. The maximum atomic E-state index is 12.5. The Morgan fingerprint density at radius 2 is 1.37 bits per heavy atom. The molecule has 0 radical (unpaired) electrons. The molecule has 0 aliphatic heterocycles. The van der Waals surface area contributed by atoms with Crippen LogP contribution in [0.25, 0.3) is 0 Å². The van der Waals surface area contributed by atoms with Gasteiger partial charge in [0.2, 0.25) is 0 Å². The van der Waals surface area contributed by atoms with Gasteiger partial charge < -0.3 is 14.8 Å². The number of amides is 1. The molecule has 0 aliphatic rings. The molecule has 1 N–H and O–H groups in total. The number of carbonyl (C=O) groups is 2. The summed E-state index contributed by atoms with van der Waals surface area (Å²) < 4.78 is 10.4. The second kappa shape index (κ2) is 8.19. The van der Waals surface area contributed by atoms with Crippen LogP contribution in [0.3, 0.4) is 0 Å². The SMILES string of the molecule is COc1ccc(OC)c(NC(=O)c2ccc(C(=O)c3ccccc3)cc2)c1. The molecule has 0 fully saturated rings. The number of benzene rings is 3. The van der Waals surface area contributed by atoms with Gasteiger partial charge in [-0.15, -0.1) is 0 Å². The van der Waals surface area contributed by atoms with E-state index in [1.165, 1.54) is 7.11 Å². The van der Waals surface area contributed by atoms with Crippen LogP contribution in [0.1, 0.15) is 26.3 Å². The minimum absolute atomic E-state index is 0.0861. The van der Waals surface area contributed by atoms with Gasteiger partial charge >= 0.3 is 0 Å². The lowest BCUT2D eigenvalue weighted by atomic mass is 10.0. The number of hydrogen-bond donors (Lipinski definition) is 1. The first kappa shape index (κ1) is 18.2. The molecule has 0 bridgehead atoms. The smallest absolute Gasteiger partial charge is 0.255 e. The van der Waals surface area contributed by atoms with Crippen LogP contribution < -0.4 is 14.8 Å². The van der Waals surface area contributed by atoms with Crippen LogP contribution in [0, 0.1) is 0 Å². The largest absolute Gasteiger partial charge is 0.497 e. The van der Waals surface area contributed by atoms with Crippen molar-refractivity contribution in [3.63, 3.8) is 0 Å². The van der Waals surface area contributed by atoms with Crippen molar-refractivity contribution in [2.45, 2.75) is 0 Å². The first-order valence-corrected chi connectivity index (χ1v) is 8.35. The van der Waals surface area contributed by atoms with Crippen molar-refractivity contribution in [3.8, 4) is 11.5 Å². The highest BCUT2D eigenvalue weighted by molar-refractivity contribution is 6.10. The number of ketones is 1. The van der Waals surface area contributed by atoms with Crippen molar-refractivity contribution in [1.29, 1.82) is 0 Å². The molecule has 0 spiro atoms. The zero-order chi connectivity index (χ0) is 19.2. The maximum absolute atomic E-state index is 12.5. The third kappa shape index (κ3) is 4.15. The molecule has 3 aromatic carbocycles. The van der Waals surface area contributed by atoms with Gasteiger partial charge in [0.15, 0.2) is 5.78 Å². The van der Waals surface area contributed by atoms with E-state index in [9.17, 15) is 9.59 Å². The summed E-state index contributed by atoms with van der Waals surface area (Å²) in [7, 11) is 3.08. The highest BCUT2D eigenvalue weighted by Gasteiger charge is 2.13. The zero-order valence-corrected chi connectivity index (χ0v) is 15.1. The predicted molar refractivity (Wildman–Crippen MR) is 104 cm³/mol. The molecule has 0 atom stereocenters.